The highest BCUT2D eigenvalue weighted by molar-refractivity contribution is 6.36. The average molecular weight is 308 g/mol. The van der Waals surface area contributed by atoms with E-state index in [1.165, 1.54) is 5.56 Å². The molecule has 2 aromatic rings. The molecule has 1 heterocycles. The lowest BCUT2D eigenvalue weighted by molar-refractivity contribution is 0.414. The summed E-state index contributed by atoms with van der Waals surface area (Å²) in [5.41, 5.74) is 4.05. The Morgan fingerprint density at radius 1 is 1.05 bits per heavy atom. The molecule has 0 fully saturated rings. The molecular weight excluding hydrogens is 293 g/mol. The Kier molecular flexibility index (Phi) is 3.11. The second-order valence-electron chi connectivity index (χ2n) is 5.47. The summed E-state index contributed by atoms with van der Waals surface area (Å²) in [5, 5.41) is 4.72. The molecule has 0 aliphatic carbocycles. The largest absolute Gasteiger partial charge is 0.497 e. The summed E-state index contributed by atoms with van der Waals surface area (Å²) >= 11 is 12.5. The van der Waals surface area contributed by atoms with Crippen LogP contribution >= 0.6 is 23.2 Å². The molecule has 0 atom stereocenters. The van der Waals surface area contributed by atoms with Gasteiger partial charge < -0.3 is 10.1 Å². The zero-order valence-electron chi connectivity index (χ0n) is 11.6. The summed E-state index contributed by atoms with van der Waals surface area (Å²) in [6, 6.07) is 9.74. The van der Waals surface area contributed by atoms with Crippen molar-refractivity contribution < 1.29 is 4.74 Å². The third-order valence-electron chi connectivity index (χ3n) is 3.85. The standard InChI is InChI=1S/C16H15Cl2NO/c1-16(2)11-5-4-10(20-3)8-13(11)19-14-7-9(17)6-12(18)15(14)16/h4-8,19H,1-3H3. The van der Waals surface area contributed by atoms with E-state index < -0.39 is 0 Å². The second kappa shape index (κ2) is 4.57. The van der Waals surface area contributed by atoms with Crippen molar-refractivity contribution in [2.75, 3.05) is 12.4 Å². The van der Waals surface area contributed by atoms with E-state index in [9.17, 15) is 0 Å². The highest BCUT2D eigenvalue weighted by atomic mass is 35.5. The van der Waals surface area contributed by atoms with Crippen LogP contribution in [0, 0.1) is 0 Å². The minimum atomic E-state index is -0.191. The van der Waals surface area contributed by atoms with Gasteiger partial charge in [-0.2, -0.15) is 0 Å². The first kappa shape index (κ1) is 13.6. The first-order valence-corrected chi connectivity index (χ1v) is 7.14. The van der Waals surface area contributed by atoms with Gasteiger partial charge in [-0.3, -0.25) is 0 Å². The van der Waals surface area contributed by atoms with Gasteiger partial charge in [-0.05, 0) is 23.8 Å². The van der Waals surface area contributed by atoms with Gasteiger partial charge in [0.05, 0.1) is 7.11 Å². The first-order chi connectivity index (χ1) is 9.43. The molecule has 0 aromatic heterocycles. The fraction of sp³-hybridized carbons (Fsp3) is 0.250. The summed E-state index contributed by atoms with van der Waals surface area (Å²) in [4.78, 5) is 0. The number of ether oxygens (including phenoxy) is 1. The maximum absolute atomic E-state index is 6.41. The molecule has 0 saturated carbocycles. The lowest BCUT2D eigenvalue weighted by Gasteiger charge is -2.36. The third-order valence-corrected chi connectivity index (χ3v) is 4.37. The fourth-order valence-electron chi connectivity index (χ4n) is 2.89. The van der Waals surface area contributed by atoms with Crippen molar-refractivity contribution in [3.8, 4) is 5.75 Å². The van der Waals surface area contributed by atoms with E-state index in [0.717, 1.165) is 22.7 Å². The van der Waals surface area contributed by atoms with Crippen molar-refractivity contribution in [3.05, 3.63) is 51.5 Å². The number of hydrogen-bond donors (Lipinski definition) is 1. The van der Waals surface area contributed by atoms with Gasteiger partial charge in [0.25, 0.3) is 0 Å². The SMILES string of the molecule is COc1ccc2c(c1)Nc1cc(Cl)cc(Cl)c1C2(C)C. The summed E-state index contributed by atoms with van der Waals surface area (Å²) in [5.74, 6) is 0.823. The lowest BCUT2D eigenvalue weighted by Crippen LogP contribution is -2.26. The number of methoxy groups -OCH3 is 1. The molecule has 3 rings (SSSR count). The molecule has 1 aliphatic rings. The molecule has 2 aromatic carbocycles. The van der Waals surface area contributed by atoms with Crippen LogP contribution in [0.3, 0.4) is 0 Å². The monoisotopic (exact) mass is 307 g/mol. The molecule has 2 nitrogen and oxygen atoms in total. The van der Waals surface area contributed by atoms with E-state index in [1.54, 1.807) is 13.2 Å². The summed E-state index contributed by atoms with van der Waals surface area (Å²) < 4.78 is 5.29. The van der Waals surface area contributed by atoms with Crippen molar-refractivity contribution in [1.82, 2.24) is 0 Å². The van der Waals surface area contributed by atoms with Gasteiger partial charge in [0, 0.05) is 38.5 Å². The second-order valence-corrected chi connectivity index (χ2v) is 6.32. The van der Waals surface area contributed by atoms with E-state index in [-0.39, 0.29) is 5.41 Å². The molecule has 0 bridgehead atoms. The highest BCUT2D eigenvalue weighted by Crippen LogP contribution is 2.49. The Balaban J connectivity index is 2.25. The predicted octanol–water partition coefficient (Wildman–Crippen LogP) is 5.38. The summed E-state index contributed by atoms with van der Waals surface area (Å²) in [6.45, 7) is 4.33. The predicted molar refractivity (Wildman–Crippen MR) is 84.9 cm³/mol. The lowest BCUT2D eigenvalue weighted by atomic mass is 9.74. The van der Waals surface area contributed by atoms with Crippen LogP contribution in [0.1, 0.15) is 25.0 Å². The number of hydrogen-bond acceptors (Lipinski definition) is 2. The van der Waals surface area contributed by atoms with Crippen molar-refractivity contribution in [3.63, 3.8) is 0 Å². The third kappa shape index (κ3) is 1.95. The molecule has 104 valence electrons. The van der Waals surface area contributed by atoms with E-state index in [0.29, 0.717) is 10.0 Å². The molecular formula is C16H15Cl2NO. The average Bonchev–Trinajstić information content (AvgIpc) is 2.36. The Morgan fingerprint density at radius 3 is 2.50 bits per heavy atom. The van der Waals surface area contributed by atoms with Crippen LogP contribution in [0.2, 0.25) is 10.0 Å². The van der Waals surface area contributed by atoms with Crippen LogP contribution in [-0.2, 0) is 5.41 Å². The number of anilines is 2. The Bertz CT molecular complexity index is 695. The molecule has 0 amide bonds. The minimum absolute atomic E-state index is 0.191. The van der Waals surface area contributed by atoms with Crippen LogP contribution < -0.4 is 10.1 Å². The van der Waals surface area contributed by atoms with E-state index >= 15 is 0 Å². The van der Waals surface area contributed by atoms with Crippen molar-refractivity contribution in [2.24, 2.45) is 0 Å². The maximum atomic E-state index is 6.41. The van der Waals surface area contributed by atoms with E-state index in [1.807, 2.05) is 18.2 Å². The van der Waals surface area contributed by atoms with Crippen LogP contribution in [0.5, 0.6) is 5.75 Å². The van der Waals surface area contributed by atoms with Gasteiger partial charge in [-0.15, -0.1) is 0 Å². The smallest absolute Gasteiger partial charge is 0.120 e. The van der Waals surface area contributed by atoms with Crippen LogP contribution in [-0.4, -0.2) is 7.11 Å². The molecule has 0 radical (unpaired) electrons. The molecule has 4 heteroatoms. The van der Waals surface area contributed by atoms with Gasteiger partial charge in [0.2, 0.25) is 0 Å². The van der Waals surface area contributed by atoms with Gasteiger partial charge in [-0.25, -0.2) is 0 Å². The van der Waals surface area contributed by atoms with Gasteiger partial charge >= 0.3 is 0 Å². The Morgan fingerprint density at radius 2 is 1.80 bits per heavy atom. The van der Waals surface area contributed by atoms with E-state index in [2.05, 4.69) is 25.2 Å². The summed E-state index contributed by atoms with van der Waals surface area (Å²) in [7, 11) is 1.66. The fourth-order valence-corrected chi connectivity index (χ4v) is 3.62. The summed E-state index contributed by atoms with van der Waals surface area (Å²) in [6.07, 6.45) is 0. The van der Waals surface area contributed by atoms with Crippen molar-refractivity contribution in [1.29, 1.82) is 0 Å². The Hall–Kier alpha value is -1.38. The molecule has 0 saturated heterocycles. The number of nitrogens with one attached hydrogen (secondary N) is 1. The quantitative estimate of drug-likeness (QED) is 0.763. The normalized spacial score (nSPS) is 15.1. The zero-order chi connectivity index (χ0) is 14.5. The van der Waals surface area contributed by atoms with Crippen molar-refractivity contribution >= 4 is 34.6 Å². The molecule has 20 heavy (non-hydrogen) atoms. The number of halogens is 2. The molecule has 1 N–H and O–H groups in total. The number of rotatable bonds is 1. The molecule has 0 unspecified atom stereocenters. The number of benzene rings is 2. The highest BCUT2D eigenvalue weighted by Gasteiger charge is 2.34. The van der Waals surface area contributed by atoms with Gasteiger partial charge in [0.15, 0.2) is 0 Å². The topological polar surface area (TPSA) is 21.3 Å². The first-order valence-electron chi connectivity index (χ1n) is 6.38. The zero-order valence-corrected chi connectivity index (χ0v) is 13.1. The maximum Gasteiger partial charge on any atom is 0.120 e. The van der Waals surface area contributed by atoms with Crippen LogP contribution in [0.15, 0.2) is 30.3 Å². The van der Waals surface area contributed by atoms with Gasteiger partial charge in [0.1, 0.15) is 5.75 Å². The van der Waals surface area contributed by atoms with Crippen molar-refractivity contribution in [2.45, 2.75) is 19.3 Å². The molecule has 0 spiro atoms. The van der Waals surface area contributed by atoms with Gasteiger partial charge in [-0.1, -0.05) is 43.1 Å². The van der Waals surface area contributed by atoms with E-state index in [4.69, 9.17) is 27.9 Å². The molecule has 1 aliphatic heterocycles. The number of fused-ring (bicyclic) bond motifs is 2. The van der Waals surface area contributed by atoms with Crippen LogP contribution in [0.25, 0.3) is 0 Å². The van der Waals surface area contributed by atoms with Crippen LogP contribution in [0.4, 0.5) is 11.4 Å². The Labute approximate surface area is 128 Å². The minimum Gasteiger partial charge on any atom is -0.497 e.